The van der Waals surface area contributed by atoms with Gasteiger partial charge in [0.1, 0.15) is 0 Å². The third kappa shape index (κ3) is 4.16. The Morgan fingerprint density at radius 1 is 0.905 bits per heavy atom. The predicted molar refractivity (Wildman–Crippen MR) is 90.1 cm³/mol. The molecule has 112 valence electrons. The number of likely N-dealkylation sites (N-methyl/N-ethyl adjacent to an activating group) is 1. The number of unbranched alkanes of at least 4 members (excludes halogenated alkanes) is 1. The van der Waals surface area contributed by atoms with Crippen LogP contribution < -0.4 is 5.73 Å². The summed E-state index contributed by atoms with van der Waals surface area (Å²) in [7, 11) is 2.18. The van der Waals surface area contributed by atoms with Crippen molar-refractivity contribution < 1.29 is 0 Å². The molecule has 0 amide bonds. The molecule has 0 spiro atoms. The van der Waals surface area contributed by atoms with E-state index < -0.39 is 0 Å². The van der Waals surface area contributed by atoms with Crippen LogP contribution in [0.25, 0.3) is 0 Å². The van der Waals surface area contributed by atoms with Crippen LogP contribution >= 0.6 is 0 Å². The number of nitrogens with two attached hydrogens (primary N) is 1. The monoisotopic (exact) mass is 282 g/mol. The molecule has 2 heteroatoms. The second kappa shape index (κ2) is 7.96. The van der Waals surface area contributed by atoms with Gasteiger partial charge in [0.25, 0.3) is 0 Å². The van der Waals surface area contributed by atoms with Crippen LogP contribution in [0.1, 0.15) is 43.0 Å². The molecule has 0 aliphatic carbocycles. The highest BCUT2D eigenvalue weighted by molar-refractivity contribution is 5.27. The van der Waals surface area contributed by atoms with Crippen LogP contribution in [0.3, 0.4) is 0 Å². The second-order valence-electron chi connectivity index (χ2n) is 5.63. The summed E-state index contributed by atoms with van der Waals surface area (Å²) in [5, 5.41) is 0. The summed E-state index contributed by atoms with van der Waals surface area (Å²) in [6, 6.07) is 21.2. The summed E-state index contributed by atoms with van der Waals surface area (Å²) >= 11 is 0. The van der Waals surface area contributed by atoms with Crippen molar-refractivity contribution in [1.29, 1.82) is 0 Å². The van der Waals surface area contributed by atoms with E-state index in [2.05, 4.69) is 73.5 Å². The Labute approximate surface area is 128 Å². The minimum absolute atomic E-state index is 0.0181. The lowest BCUT2D eigenvalue weighted by Crippen LogP contribution is -2.34. The van der Waals surface area contributed by atoms with E-state index >= 15 is 0 Å². The quantitative estimate of drug-likeness (QED) is 0.826. The van der Waals surface area contributed by atoms with Crippen molar-refractivity contribution in [3.8, 4) is 0 Å². The van der Waals surface area contributed by atoms with Gasteiger partial charge in [-0.1, -0.05) is 74.0 Å². The number of nitrogens with zero attached hydrogens (tertiary/aromatic N) is 1. The van der Waals surface area contributed by atoms with E-state index in [4.69, 9.17) is 5.73 Å². The van der Waals surface area contributed by atoms with E-state index in [1.54, 1.807) is 0 Å². The molecule has 0 aromatic heterocycles. The molecule has 0 aliphatic rings. The molecule has 0 aliphatic heterocycles. The molecule has 2 rings (SSSR count). The fourth-order valence-corrected chi connectivity index (χ4v) is 2.79. The highest BCUT2D eigenvalue weighted by Crippen LogP contribution is 2.31. The van der Waals surface area contributed by atoms with E-state index in [9.17, 15) is 0 Å². The third-order valence-corrected chi connectivity index (χ3v) is 4.00. The minimum Gasteiger partial charge on any atom is -0.322 e. The number of hydrogen-bond acceptors (Lipinski definition) is 2. The second-order valence-corrected chi connectivity index (χ2v) is 5.63. The Hall–Kier alpha value is -1.64. The first-order valence-corrected chi connectivity index (χ1v) is 7.79. The van der Waals surface area contributed by atoms with Crippen molar-refractivity contribution in [3.05, 3.63) is 71.8 Å². The molecule has 2 aromatic carbocycles. The van der Waals surface area contributed by atoms with E-state index in [-0.39, 0.29) is 12.1 Å². The van der Waals surface area contributed by atoms with Crippen molar-refractivity contribution in [3.63, 3.8) is 0 Å². The fourth-order valence-electron chi connectivity index (χ4n) is 2.79. The maximum absolute atomic E-state index is 6.60. The van der Waals surface area contributed by atoms with Crippen LogP contribution in [0.2, 0.25) is 0 Å². The molecule has 2 N–H and O–H groups in total. The van der Waals surface area contributed by atoms with Crippen LogP contribution in [0.4, 0.5) is 0 Å². The van der Waals surface area contributed by atoms with Crippen LogP contribution in [0.5, 0.6) is 0 Å². The van der Waals surface area contributed by atoms with Gasteiger partial charge in [0.2, 0.25) is 0 Å². The molecule has 0 heterocycles. The molecule has 2 nitrogen and oxygen atoms in total. The lowest BCUT2D eigenvalue weighted by atomic mass is 9.93. The first-order valence-electron chi connectivity index (χ1n) is 7.79. The molecule has 0 saturated heterocycles. The van der Waals surface area contributed by atoms with Crippen molar-refractivity contribution in [1.82, 2.24) is 4.90 Å². The SMILES string of the molecule is CCCCN(C)C(c1ccccc1)C(N)c1ccccc1. The summed E-state index contributed by atoms with van der Waals surface area (Å²) < 4.78 is 0. The molecular formula is C19H26N2. The van der Waals surface area contributed by atoms with Crippen LogP contribution in [0.15, 0.2) is 60.7 Å². The number of benzene rings is 2. The summed E-state index contributed by atoms with van der Waals surface area (Å²) in [4.78, 5) is 2.39. The van der Waals surface area contributed by atoms with E-state index in [1.165, 1.54) is 24.0 Å². The van der Waals surface area contributed by atoms with E-state index in [0.717, 1.165) is 6.54 Å². The van der Waals surface area contributed by atoms with Gasteiger partial charge in [-0.2, -0.15) is 0 Å². The summed E-state index contributed by atoms with van der Waals surface area (Å²) in [5.74, 6) is 0. The Morgan fingerprint density at radius 2 is 1.43 bits per heavy atom. The minimum atomic E-state index is -0.0181. The van der Waals surface area contributed by atoms with Crippen LogP contribution in [0, 0.1) is 0 Å². The third-order valence-electron chi connectivity index (χ3n) is 4.00. The van der Waals surface area contributed by atoms with Gasteiger partial charge in [-0.05, 0) is 31.1 Å². The van der Waals surface area contributed by atoms with Gasteiger partial charge in [0.05, 0.1) is 6.04 Å². The largest absolute Gasteiger partial charge is 0.322 e. The lowest BCUT2D eigenvalue weighted by molar-refractivity contribution is 0.210. The smallest absolute Gasteiger partial charge is 0.0538 e. The van der Waals surface area contributed by atoms with Gasteiger partial charge in [0, 0.05) is 6.04 Å². The maximum Gasteiger partial charge on any atom is 0.0538 e. The standard InChI is InChI=1S/C19H26N2/c1-3-4-15-21(2)19(17-13-9-6-10-14-17)18(20)16-11-7-5-8-12-16/h5-14,18-19H,3-4,15,20H2,1-2H3. The Bertz CT molecular complexity index is 510. The van der Waals surface area contributed by atoms with Gasteiger partial charge >= 0.3 is 0 Å². The fraction of sp³-hybridized carbons (Fsp3) is 0.368. The molecular weight excluding hydrogens is 256 g/mol. The zero-order valence-corrected chi connectivity index (χ0v) is 13.1. The van der Waals surface area contributed by atoms with Gasteiger partial charge in [0.15, 0.2) is 0 Å². The predicted octanol–water partition coefficient (Wildman–Crippen LogP) is 4.16. The molecule has 21 heavy (non-hydrogen) atoms. The molecule has 0 radical (unpaired) electrons. The molecule has 2 atom stereocenters. The topological polar surface area (TPSA) is 29.3 Å². The molecule has 0 bridgehead atoms. The van der Waals surface area contributed by atoms with Crippen molar-refractivity contribution in [2.75, 3.05) is 13.6 Å². The Balaban J connectivity index is 2.27. The van der Waals surface area contributed by atoms with Gasteiger partial charge in [-0.25, -0.2) is 0 Å². The highest BCUT2D eigenvalue weighted by atomic mass is 15.1. The molecule has 0 fully saturated rings. The zero-order valence-electron chi connectivity index (χ0n) is 13.1. The molecule has 2 aromatic rings. The van der Waals surface area contributed by atoms with Gasteiger partial charge < -0.3 is 5.73 Å². The van der Waals surface area contributed by atoms with Gasteiger partial charge in [-0.3, -0.25) is 4.90 Å². The number of rotatable bonds is 7. The summed E-state index contributed by atoms with van der Waals surface area (Å²) in [5.41, 5.74) is 9.08. The van der Waals surface area contributed by atoms with Crippen LogP contribution in [-0.2, 0) is 0 Å². The average Bonchev–Trinajstić information content (AvgIpc) is 2.55. The van der Waals surface area contributed by atoms with Crippen molar-refractivity contribution in [2.24, 2.45) is 5.73 Å². The average molecular weight is 282 g/mol. The van der Waals surface area contributed by atoms with E-state index in [1.807, 2.05) is 6.07 Å². The zero-order chi connectivity index (χ0) is 15.1. The highest BCUT2D eigenvalue weighted by Gasteiger charge is 2.24. The first kappa shape index (κ1) is 15.7. The normalized spacial score (nSPS) is 14.1. The maximum atomic E-state index is 6.60. The first-order chi connectivity index (χ1) is 10.2. The van der Waals surface area contributed by atoms with E-state index in [0.29, 0.717) is 0 Å². The Morgan fingerprint density at radius 3 is 1.95 bits per heavy atom. The van der Waals surface area contributed by atoms with Crippen LogP contribution in [-0.4, -0.2) is 18.5 Å². The van der Waals surface area contributed by atoms with Gasteiger partial charge in [-0.15, -0.1) is 0 Å². The van der Waals surface area contributed by atoms with Crippen molar-refractivity contribution in [2.45, 2.75) is 31.8 Å². The van der Waals surface area contributed by atoms with Crippen molar-refractivity contribution >= 4 is 0 Å². The molecule has 0 saturated carbocycles. The number of hydrogen-bond donors (Lipinski definition) is 1. The Kier molecular flexibility index (Phi) is 5.97. The molecule has 2 unspecified atom stereocenters. The summed E-state index contributed by atoms with van der Waals surface area (Å²) in [6.45, 7) is 3.29. The lowest BCUT2D eigenvalue weighted by Gasteiger charge is -2.33. The summed E-state index contributed by atoms with van der Waals surface area (Å²) in [6.07, 6.45) is 2.40.